The summed E-state index contributed by atoms with van der Waals surface area (Å²) in [6, 6.07) is 8.29. The van der Waals surface area contributed by atoms with E-state index in [1.807, 2.05) is 32.0 Å². The Morgan fingerprint density at radius 2 is 1.84 bits per heavy atom. The predicted molar refractivity (Wildman–Crippen MR) is 70.5 cm³/mol. The first-order valence-corrected chi connectivity index (χ1v) is 5.85. The van der Waals surface area contributed by atoms with Gasteiger partial charge in [0.25, 0.3) is 5.56 Å². The Bertz CT molecular complexity index is 669. The zero-order chi connectivity index (χ0) is 14.0. The van der Waals surface area contributed by atoms with Crippen molar-refractivity contribution in [3.8, 4) is 0 Å². The molecule has 1 aromatic carbocycles. The summed E-state index contributed by atoms with van der Waals surface area (Å²) < 4.78 is 1.18. The van der Waals surface area contributed by atoms with Crippen LogP contribution in [0, 0.1) is 13.8 Å². The lowest BCUT2D eigenvalue weighted by atomic mass is 10.0. The number of carbonyl (C=O) groups is 1. The van der Waals surface area contributed by atoms with Gasteiger partial charge in [0.1, 0.15) is 0 Å². The van der Waals surface area contributed by atoms with Gasteiger partial charge in [-0.05, 0) is 36.6 Å². The van der Waals surface area contributed by atoms with Gasteiger partial charge in [0, 0.05) is 6.07 Å². The Hall–Kier alpha value is -2.43. The molecule has 1 N–H and O–H groups in total. The first-order valence-electron chi connectivity index (χ1n) is 5.85. The molecule has 0 aliphatic heterocycles. The molecule has 0 aliphatic rings. The van der Waals surface area contributed by atoms with Crippen molar-refractivity contribution in [3.05, 3.63) is 63.1 Å². The second kappa shape index (κ2) is 5.06. The van der Waals surface area contributed by atoms with Crippen LogP contribution >= 0.6 is 0 Å². The molecule has 98 valence electrons. The summed E-state index contributed by atoms with van der Waals surface area (Å²) in [7, 11) is 0. The van der Waals surface area contributed by atoms with E-state index in [0.29, 0.717) is 0 Å². The average molecular weight is 258 g/mol. The molecular weight excluding hydrogens is 244 g/mol. The normalized spacial score (nSPS) is 10.4. The van der Waals surface area contributed by atoms with Crippen molar-refractivity contribution in [2.24, 2.45) is 0 Å². The van der Waals surface area contributed by atoms with E-state index in [2.05, 4.69) is 5.10 Å². The van der Waals surface area contributed by atoms with E-state index in [1.54, 1.807) is 0 Å². The summed E-state index contributed by atoms with van der Waals surface area (Å²) in [6.45, 7) is 4.18. The molecule has 0 fully saturated rings. The van der Waals surface area contributed by atoms with Gasteiger partial charge in [-0.25, -0.2) is 9.48 Å². The maximum Gasteiger partial charge on any atom is 0.356 e. The van der Waals surface area contributed by atoms with Crippen LogP contribution in [0.15, 0.2) is 35.1 Å². The molecular formula is C14H14N2O3. The number of aryl methyl sites for hydroxylation is 2. The third kappa shape index (κ3) is 2.70. The van der Waals surface area contributed by atoms with Gasteiger partial charge in [0.2, 0.25) is 0 Å². The minimum Gasteiger partial charge on any atom is -0.476 e. The molecule has 0 saturated heterocycles. The molecule has 0 atom stereocenters. The third-order valence-corrected chi connectivity index (χ3v) is 3.04. The van der Waals surface area contributed by atoms with Gasteiger partial charge >= 0.3 is 5.97 Å². The van der Waals surface area contributed by atoms with Gasteiger partial charge in [0.15, 0.2) is 5.69 Å². The lowest BCUT2D eigenvalue weighted by Crippen LogP contribution is -2.25. The number of rotatable bonds is 3. The minimum atomic E-state index is -1.14. The number of aromatic carboxylic acids is 1. The Balaban J connectivity index is 2.46. The maximum absolute atomic E-state index is 11.7. The van der Waals surface area contributed by atoms with E-state index >= 15 is 0 Å². The lowest BCUT2D eigenvalue weighted by Gasteiger charge is -2.11. The molecule has 1 aromatic heterocycles. The van der Waals surface area contributed by atoms with Crippen LogP contribution in [-0.4, -0.2) is 20.9 Å². The molecule has 2 rings (SSSR count). The van der Waals surface area contributed by atoms with Crippen LogP contribution in [0.2, 0.25) is 0 Å². The summed E-state index contributed by atoms with van der Waals surface area (Å²) >= 11 is 0. The first kappa shape index (κ1) is 13.0. The summed E-state index contributed by atoms with van der Waals surface area (Å²) in [5.74, 6) is -1.14. The van der Waals surface area contributed by atoms with Crippen molar-refractivity contribution in [3.63, 3.8) is 0 Å². The molecule has 0 amide bonds. The summed E-state index contributed by atoms with van der Waals surface area (Å²) in [5.41, 5.74) is 2.64. The van der Waals surface area contributed by atoms with Crippen molar-refractivity contribution in [2.75, 3.05) is 0 Å². The number of carboxylic acids is 1. The highest BCUT2D eigenvalue weighted by Gasteiger charge is 2.09. The molecule has 5 nitrogen and oxygen atoms in total. The predicted octanol–water partition coefficient (Wildman–Crippen LogP) is 1.61. The maximum atomic E-state index is 11.7. The fourth-order valence-corrected chi connectivity index (χ4v) is 1.92. The Kier molecular flexibility index (Phi) is 3.46. The SMILES string of the molecule is Cc1cccc(C)c1Cn1nc(C(=O)O)ccc1=O. The van der Waals surface area contributed by atoms with Crippen molar-refractivity contribution < 1.29 is 9.90 Å². The summed E-state index contributed by atoms with van der Waals surface area (Å²) in [6.07, 6.45) is 0. The fraction of sp³-hybridized carbons (Fsp3) is 0.214. The van der Waals surface area contributed by atoms with Crippen molar-refractivity contribution in [1.82, 2.24) is 9.78 Å². The van der Waals surface area contributed by atoms with Crippen molar-refractivity contribution in [2.45, 2.75) is 20.4 Å². The molecule has 0 spiro atoms. The number of carboxylic acid groups (broad SMARTS) is 1. The van der Waals surface area contributed by atoms with Crippen LogP contribution in [0.25, 0.3) is 0 Å². The zero-order valence-corrected chi connectivity index (χ0v) is 10.8. The van der Waals surface area contributed by atoms with E-state index in [-0.39, 0.29) is 17.8 Å². The molecule has 0 saturated carbocycles. The first-order chi connectivity index (χ1) is 8.99. The van der Waals surface area contributed by atoms with Gasteiger partial charge in [-0.1, -0.05) is 18.2 Å². The molecule has 0 aliphatic carbocycles. The van der Waals surface area contributed by atoms with Crippen LogP contribution in [0.3, 0.4) is 0 Å². The summed E-state index contributed by atoms with van der Waals surface area (Å²) in [5, 5.41) is 12.8. The highest BCUT2D eigenvalue weighted by Crippen LogP contribution is 2.13. The van der Waals surface area contributed by atoms with E-state index < -0.39 is 5.97 Å². The van der Waals surface area contributed by atoms with E-state index in [0.717, 1.165) is 16.7 Å². The third-order valence-electron chi connectivity index (χ3n) is 3.04. The topological polar surface area (TPSA) is 72.2 Å². The van der Waals surface area contributed by atoms with Gasteiger partial charge in [-0.15, -0.1) is 0 Å². The van der Waals surface area contributed by atoms with Gasteiger partial charge in [-0.2, -0.15) is 5.10 Å². The standard InChI is InChI=1S/C14H14N2O3/c1-9-4-3-5-10(2)11(9)8-16-13(17)7-6-12(15-16)14(18)19/h3-7H,8H2,1-2H3,(H,18,19). The van der Waals surface area contributed by atoms with Crippen LogP contribution in [0.4, 0.5) is 0 Å². The minimum absolute atomic E-state index is 0.133. The summed E-state index contributed by atoms with van der Waals surface area (Å²) in [4.78, 5) is 22.6. The smallest absolute Gasteiger partial charge is 0.356 e. The van der Waals surface area contributed by atoms with Crippen LogP contribution in [-0.2, 0) is 6.54 Å². The number of hydrogen-bond acceptors (Lipinski definition) is 3. The Morgan fingerprint density at radius 3 is 2.42 bits per heavy atom. The van der Waals surface area contributed by atoms with Crippen LogP contribution in [0.5, 0.6) is 0 Å². The lowest BCUT2D eigenvalue weighted by molar-refractivity contribution is 0.0687. The second-order valence-electron chi connectivity index (χ2n) is 4.39. The van der Waals surface area contributed by atoms with Gasteiger partial charge in [-0.3, -0.25) is 4.79 Å². The number of hydrogen-bond donors (Lipinski definition) is 1. The molecule has 0 unspecified atom stereocenters. The molecule has 5 heteroatoms. The van der Waals surface area contributed by atoms with E-state index in [4.69, 9.17) is 5.11 Å². The number of benzene rings is 1. The molecule has 19 heavy (non-hydrogen) atoms. The quantitative estimate of drug-likeness (QED) is 0.907. The molecule has 0 bridgehead atoms. The largest absolute Gasteiger partial charge is 0.476 e. The van der Waals surface area contributed by atoms with E-state index in [1.165, 1.54) is 16.8 Å². The van der Waals surface area contributed by atoms with Gasteiger partial charge < -0.3 is 5.11 Å². The highest BCUT2D eigenvalue weighted by atomic mass is 16.4. The fourth-order valence-electron chi connectivity index (χ4n) is 1.92. The zero-order valence-electron chi connectivity index (χ0n) is 10.8. The molecule has 0 radical (unpaired) electrons. The second-order valence-corrected chi connectivity index (χ2v) is 4.39. The molecule has 2 aromatic rings. The van der Waals surface area contributed by atoms with E-state index in [9.17, 15) is 9.59 Å². The van der Waals surface area contributed by atoms with Crippen LogP contribution in [0.1, 0.15) is 27.2 Å². The Morgan fingerprint density at radius 1 is 1.21 bits per heavy atom. The van der Waals surface area contributed by atoms with Crippen molar-refractivity contribution >= 4 is 5.97 Å². The van der Waals surface area contributed by atoms with Gasteiger partial charge in [0.05, 0.1) is 6.54 Å². The monoisotopic (exact) mass is 258 g/mol. The average Bonchev–Trinajstić information content (AvgIpc) is 2.35. The number of aromatic nitrogens is 2. The Labute approximate surface area is 110 Å². The van der Waals surface area contributed by atoms with Crippen LogP contribution < -0.4 is 5.56 Å². The number of nitrogens with zero attached hydrogens (tertiary/aromatic N) is 2. The molecule has 1 heterocycles. The highest BCUT2D eigenvalue weighted by molar-refractivity contribution is 5.84. The van der Waals surface area contributed by atoms with Crippen molar-refractivity contribution in [1.29, 1.82) is 0 Å².